The molecule has 0 amide bonds. The molecule has 0 N–H and O–H groups in total. The number of nitrogens with zero attached hydrogens (tertiary/aromatic N) is 2. The summed E-state index contributed by atoms with van der Waals surface area (Å²) >= 11 is 5.76. The summed E-state index contributed by atoms with van der Waals surface area (Å²) in [6, 6.07) is 5.37. The Bertz CT molecular complexity index is 288. The van der Waals surface area contributed by atoms with Crippen molar-refractivity contribution in [3.05, 3.63) is 29.6 Å². The van der Waals surface area contributed by atoms with Crippen molar-refractivity contribution < 1.29 is 0 Å². The van der Waals surface area contributed by atoms with Gasteiger partial charge in [-0.25, -0.2) is 0 Å². The van der Waals surface area contributed by atoms with Gasteiger partial charge in [-0.05, 0) is 19.1 Å². The van der Waals surface area contributed by atoms with E-state index in [0.29, 0.717) is 5.56 Å². The van der Waals surface area contributed by atoms with Crippen LogP contribution < -0.4 is 0 Å². The zero-order valence-electron chi connectivity index (χ0n) is 6.08. The second-order valence-corrected chi connectivity index (χ2v) is 2.85. The van der Waals surface area contributed by atoms with Crippen LogP contribution in [0.2, 0.25) is 0 Å². The Kier molecular flexibility index (Phi) is 2.45. The highest BCUT2D eigenvalue weighted by Crippen LogP contribution is 2.16. The first-order chi connectivity index (χ1) is 5.24. The standard InChI is InChI=1S/C8H7ClN2/c1-6(9)8-4-7(5-10)2-3-11-8/h2-4,6H,1H3. The molecule has 1 unspecified atom stereocenters. The van der Waals surface area contributed by atoms with E-state index in [-0.39, 0.29) is 5.38 Å². The van der Waals surface area contributed by atoms with Gasteiger partial charge in [-0.3, -0.25) is 4.98 Å². The molecule has 1 heterocycles. The number of hydrogen-bond acceptors (Lipinski definition) is 2. The summed E-state index contributed by atoms with van der Waals surface area (Å²) in [5.74, 6) is 0. The fourth-order valence-corrected chi connectivity index (χ4v) is 0.855. The van der Waals surface area contributed by atoms with Crippen molar-refractivity contribution in [2.75, 3.05) is 0 Å². The van der Waals surface area contributed by atoms with Crippen molar-refractivity contribution in [3.8, 4) is 6.07 Å². The van der Waals surface area contributed by atoms with Crippen molar-refractivity contribution >= 4 is 11.6 Å². The third kappa shape index (κ3) is 1.92. The van der Waals surface area contributed by atoms with Crippen LogP contribution in [0.15, 0.2) is 18.3 Å². The Balaban J connectivity index is 3.03. The van der Waals surface area contributed by atoms with E-state index in [0.717, 1.165) is 5.69 Å². The lowest BCUT2D eigenvalue weighted by atomic mass is 10.2. The fourth-order valence-electron chi connectivity index (χ4n) is 0.735. The summed E-state index contributed by atoms with van der Waals surface area (Å²) in [6.45, 7) is 1.82. The van der Waals surface area contributed by atoms with Crippen LogP contribution in [-0.4, -0.2) is 4.98 Å². The van der Waals surface area contributed by atoms with Crippen LogP contribution in [0.1, 0.15) is 23.6 Å². The highest BCUT2D eigenvalue weighted by atomic mass is 35.5. The lowest BCUT2D eigenvalue weighted by Crippen LogP contribution is -1.89. The van der Waals surface area contributed by atoms with Crippen molar-refractivity contribution in [1.82, 2.24) is 4.98 Å². The molecule has 0 aromatic carbocycles. The van der Waals surface area contributed by atoms with Crippen molar-refractivity contribution in [2.24, 2.45) is 0 Å². The summed E-state index contributed by atoms with van der Waals surface area (Å²) in [6.07, 6.45) is 1.59. The molecule has 0 aliphatic carbocycles. The minimum Gasteiger partial charge on any atom is -0.260 e. The van der Waals surface area contributed by atoms with E-state index < -0.39 is 0 Å². The van der Waals surface area contributed by atoms with E-state index in [1.807, 2.05) is 13.0 Å². The predicted octanol–water partition coefficient (Wildman–Crippen LogP) is 2.25. The average molecular weight is 167 g/mol. The predicted molar refractivity (Wildman–Crippen MR) is 43.2 cm³/mol. The molecular weight excluding hydrogens is 160 g/mol. The summed E-state index contributed by atoms with van der Waals surface area (Å²) < 4.78 is 0. The molecule has 2 nitrogen and oxygen atoms in total. The van der Waals surface area contributed by atoms with Gasteiger partial charge in [-0.2, -0.15) is 5.26 Å². The van der Waals surface area contributed by atoms with Crippen molar-refractivity contribution in [1.29, 1.82) is 5.26 Å². The zero-order valence-corrected chi connectivity index (χ0v) is 6.84. The van der Waals surface area contributed by atoms with Gasteiger partial charge in [-0.15, -0.1) is 11.6 Å². The van der Waals surface area contributed by atoms with Crippen LogP contribution >= 0.6 is 11.6 Å². The van der Waals surface area contributed by atoms with Gasteiger partial charge in [0, 0.05) is 6.20 Å². The second kappa shape index (κ2) is 3.36. The third-order valence-corrected chi connectivity index (χ3v) is 1.54. The van der Waals surface area contributed by atoms with Crippen LogP contribution in [-0.2, 0) is 0 Å². The van der Waals surface area contributed by atoms with Crippen molar-refractivity contribution in [3.63, 3.8) is 0 Å². The molecule has 0 aliphatic heterocycles. The Hall–Kier alpha value is -1.07. The maximum atomic E-state index is 8.52. The van der Waals surface area contributed by atoms with Gasteiger partial charge in [0.15, 0.2) is 0 Å². The molecular formula is C8H7ClN2. The maximum absolute atomic E-state index is 8.52. The quantitative estimate of drug-likeness (QED) is 0.600. The average Bonchev–Trinajstić information content (AvgIpc) is 2.05. The number of halogens is 1. The molecule has 0 aliphatic rings. The molecule has 3 heteroatoms. The highest BCUT2D eigenvalue weighted by molar-refractivity contribution is 6.20. The minimum atomic E-state index is -0.136. The molecule has 0 saturated carbocycles. The molecule has 0 fully saturated rings. The number of rotatable bonds is 1. The van der Waals surface area contributed by atoms with Crippen molar-refractivity contribution in [2.45, 2.75) is 12.3 Å². The van der Waals surface area contributed by atoms with Gasteiger partial charge in [0.05, 0.1) is 22.7 Å². The van der Waals surface area contributed by atoms with Gasteiger partial charge < -0.3 is 0 Å². The third-order valence-electron chi connectivity index (χ3n) is 1.32. The Morgan fingerprint density at radius 2 is 2.45 bits per heavy atom. The normalized spacial score (nSPS) is 12.1. The lowest BCUT2D eigenvalue weighted by Gasteiger charge is -2.00. The Morgan fingerprint density at radius 1 is 1.73 bits per heavy atom. The topological polar surface area (TPSA) is 36.7 Å². The molecule has 1 aromatic heterocycles. The first-order valence-electron chi connectivity index (χ1n) is 3.24. The lowest BCUT2D eigenvalue weighted by molar-refractivity contribution is 0.993. The monoisotopic (exact) mass is 166 g/mol. The summed E-state index contributed by atoms with van der Waals surface area (Å²) in [5, 5.41) is 8.39. The highest BCUT2D eigenvalue weighted by Gasteiger charge is 2.02. The molecule has 1 aromatic rings. The van der Waals surface area contributed by atoms with E-state index in [9.17, 15) is 0 Å². The molecule has 0 spiro atoms. The van der Waals surface area contributed by atoms with Gasteiger partial charge in [-0.1, -0.05) is 0 Å². The van der Waals surface area contributed by atoms with E-state index in [4.69, 9.17) is 16.9 Å². The number of alkyl halides is 1. The molecule has 0 saturated heterocycles. The maximum Gasteiger partial charge on any atom is 0.0992 e. The van der Waals surface area contributed by atoms with Gasteiger partial charge in [0.1, 0.15) is 0 Å². The smallest absolute Gasteiger partial charge is 0.0992 e. The van der Waals surface area contributed by atoms with Crippen LogP contribution in [0, 0.1) is 11.3 Å². The summed E-state index contributed by atoms with van der Waals surface area (Å²) in [5.41, 5.74) is 1.34. The SMILES string of the molecule is CC(Cl)c1cc(C#N)ccn1. The molecule has 0 bridgehead atoms. The van der Waals surface area contributed by atoms with Gasteiger partial charge in [0.25, 0.3) is 0 Å². The molecule has 0 radical (unpaired) electrons. The van der Waals surface area contributed by atoms with Crippen LogP contribution in [0.5, 0.6) is 0 Å². The first kappa shape index (κ1) is 8.03. The Morgan fingerprint density at radius 3 is 3.00 bits per heavy atom. The number of hydrogen-bond donors (Lipinski definition) is 0. The van der Waals surface area contributed by atoms with E-state index in [2.05, 4.69) is 4.98 Å². The molecule has 1 atom stereocenters. The second-order valence-electron chi connectivity index (χ2n) is 2.20. The van der Waals surface area contributed by atoms with Crippen LogP contribution in [0.3, 0.4) is 0 Å². The van der Waals surface area contributed by atoms with Crippen LogP contribution in [0.25, 0.3) is 0 Å². The summed E-state index contributed by atoms with van der Waals surface area (Å²) in [7, 11) is 0. The molecule has 1 rings (SSSR count). The Labute approximate surface area is 70.4 Å². The fraction of sp³-hybridized carbons (Fsp3) is 0.250. The van der Waals surface area contributed by atoms with E-state index in [1.54, 1.807) is 18.3 Å². The number of nitriles is 1. The number of aromatic nitrogens is 1. The zero-order chi connectivity index (χ0) is 8.27. The van der Waals surface area contributed by atoms with Gasteiger partial charge >= 0.3 is 0 Å². The summed E-state index contributed by atoms with van der Waals surface area (Å²) in [4.78, 5) is 4.00. The van der Waals surface area contributed by atoms with E-state index >= 15 is 0 Å². The largest absolute Gasteiger partial charge is 0.260 e. The van der Waals surface area contributed by atoms with E-state index in [1.165, 1.54) is 0 Å². The molecule has 56 valence electrons. The van der Waals surface area contributed by atoms with Gasteiger partial charge in [0.2, 0.25) is 0 Å². The number of pyridine rings is 1. The van der Waals surface area contributed by atoms with Crippen LogP contribution in [0.4, 0.5) is 0 Å². The first-order valence-corrected chi connectivity index (χ1v) is 3.68. The minimum absolute atomic E-state index is 0.136. The molecule has 11 heavy (non-hydrogen) atoms.